The van der Waals surface area contributed by atoms with Gasteiger partial charge in [0.1, 0.15) is 0 Å². The molecule has 0 aliphatic carbocycles. The highest BCUT2D eigenvalue weighted by atomic mass is 15.2. The first-order valence-electron chi connectivity index (χ1n) is 8.13. The molecule has 3 heteroatoms. The first-order chi connectivity index (χ1) is 9.04. The van der Waals surface area contributed by atoms with Crippen molar-refractivity contribution in [3.8, 4) is 0 Å². The van der Waals surface area contributed by atoms with E-state index in [9.17, 15) is 0 Å². The highest BCUT2D eigenvalue weighted by molar-refractivity contribution is 4.73. The van der Waals surface area contributed by atoms with Crippen molar-refractivity contribution < 1.29 is 0 Å². The number of rotatable bonds is 12. The van der Waals surface area contributed by atoms with Crippen LogP contribution in [0.1, 0.15) is 47.0 Å². The Bertz CT molecular complexity index is 194. The van der Waals surface area contributed by atoms with Gasteiger partial charge in [-0.2, -0.15) is 0 Å². The Morgan fingerprint density at radius 2 is 1.63 bits per heavy atom. The molecule has 0 bridgehead atoms. The molecule has 0 aromatic carbocycles. The molecule has 3 nitrogen and oxygen atoms in total. The van der Waals surface area contributed by atoms with E-state index in [1.165, 1.54) is 45.4 Å². The van der Waals surface area contributed by atoms with Gasteiger partial charge in [0.05, 0.1) is 0 Å². The van der Waals surface area contributed by atoms with E-state index in [2.05, 4.69) is 56.9 Å². The fraction of sp³-hybridized carbons (Fsp3) is 1.00. The third-order valence-electron chi connectivity index (χ3n) is 3.99. The van der Waals surface area contributed by atoms with Crippen molar-refractivity contribution in [1.82, 2.24) is 15.1 Å². The summed E-state index contributed by atoms with van der Waals surface area (Å²) in [6.07, 6.45) is 3.90. The monoisotopic (exact) mass is 271 g/mol. The molecule has 1 unspecified atom stereocenters. The molecule has 0 aromatic rings. The van der Waals surface area contributed by atoms with Gasteiger partial charge in [0, 0.05) is 12.6 Å². The number of nitrogens with one attached hydrogen (secondary N) is 1. The van der Waals surface area contributed by atoms with E-state index in [1.807, 2.05) is 0 Å². The van der Waals surface area contributed by atoms with Crippen LogP contribution in [0.2, 0.25) is 0 Å². The smallest absolute Gasteiger partial charge is 0.0214 e. The summed E-state index contributed by atoms with van der Waals surface area (Å²) in [5.74, 6) is 0.700. The van der Waals surface area contributed by atoms with Crippen molar-refractivity contribution in [3.63, 3.8) is 0 Å². The van der Waals surface area contributed by atoms with Crippen molar-refractivity contribution >= 4 is 0 Å². The van der Waals surface area contributed by atoms with Gasteiger partial charge < -0.3 is 15.1 Å². The summed E-state index contributed by atoms with van der Waals surface area (Å²) >= 11 is 0. The van der Waals surface area contributed by atoms with Crippen molar-refractivity contribution in [1.29, 1.82) is 0 Å². The zero-order chi connectivity index (χ0) is 14.7. The molecule has 1 atom stereocenters. The summed E-state index contributed by atoms with van der Waals surface area (Å²) in [5, 5.41) is 3.44. The average molecular weight is 271 g/mol. The maximum atomic E-state index is 3.44. The summed E-state index contributed by atoms with van der Waals surface area (Å²) in [5.41, 5.74) is 0. The van der Waals surface area contributed by atoms with Gasteiger partial charge in [-0.3, -0.25) is 0 Å². The Kier molecular flexibility index (Phi) is 11.6. The molecule has 0 amide bonds. The van der Waals surface area contributed by atoms with Gasteiger partial charge in [0.15, 0.2) is 0 Å². The van der Waals surface area contributed by atoms with Gasteiger partial charge in [-0.1, -0.05) is 34.1 Å². The lowest BCUT2D eigenvalue weighted by molar-refractivity contribution is 0.216. The van der Waals surface area contributed by atoms with Crippen LogP contribution in [-0.2, 0) is 0 Å². The quantitative estimate of drug-likeness (QED) is 0.589. The van der Waals surface area contributed by atoms with Crippen molar-refractivity contribution in [2.75, 3.05) is 46.8 Å². The van der Waals surface area contributed by atoms with E-state index in [1.54, 1.807) is 0 Å². The van der Waals surface area contributed by atoms with Crippen LogP contribution in [0.15, 0.2) is 0 Å². The number of hydrogen-bond acceptors (Lipinski definition) is 3. The predicted molar refractivity (Wildman–Crippen MR) is 86.8 cm³/mol. The maximum absolute atomic E-state index is 3.44. The summed E-state index contributed by atoms with van der Waals surface area (Å²) in [6.45, 7) is 15.1. The molecule has 0 rings (SSSR count). The summed E-state index contributed by atoms with van der Waals surface area (Å²) in [7, 11) is 4.33. The second-order valence-electron chi connectivity index (χ2n) is 6.04. The van der Waals surface area contributed by atoms with Crippen LogP contribution in [0.25, 0.3) is 0 Å². The van der Waals surface area contributed by atoms with Crippen molar-refractivity contribution in [2.24, 2.45) is 5.92 Å². The van der Waals surface area contributed by atoms with Gasteiger partial charge in [-0.15, -0.1) is 0 Å². The number of unbranched alkanes of at least 4 members (excludes halogenated alkanes) is 1. The van der Waals surface area contributed by atoms with Crippen molar-refractivity contribution in [3.05, 3.63) is 0 Å². The Balaban J connectivity index is 3.86. The van der Waals surface area contributed by atoms with E-state index in [-0.39, 0.29) is 0 Å². The zero-order valence-corrected chi connectivity index (χ0v) is 14.2. The van der Waals surface area contributed by atoms with Gasteiger partial charge in [-0.05, 0) is 59.0 Å². The average Bonchev–Trinajstić information content (AvgIpc) is 2.39. The third-order valence-corrected chi connectivity index (χ3v) is 3.99. The number of nitrogens with zero attached hydrogens (tertiary/aromatic N) is 2. The minimum absolute atomic E-state index is 0.609. The molecule has 0 aromatic heterocycles. The second kappa shape index (κ2) is 11.7. The minimum atomic E-state index is 0.609. The third kappa shape index (κ3) is 9.42. The molecule has 116 valence electrons. The molecule has 0 saturated heterocycles. The summed E-state index contributed by atoms with van der Waals surface area (Å²) in [6, 6.07) is 0.609. The lowest BCUT2D eigenvalue weighted by Gasteiger charge is -2.29. The normalized spacial score (nSPS) is 13.7. The molecule has 0 aliphatic rings. The highest BCUT2D eigenvalue weighted by Crippen LogP contribution is 2.05. The predicted octanol–water partition coefficient (Wildman–Crippen LogP) is 2.67. The Morgan fingerprint density at radius 1 is 1.00 bits per heavy atom. The van der Waals surface area contributed by atoms with Gasteiger partial charge in [0.2, 0.25) is 0 Å². The van der Waals surface area contributed by atoms with Crippen LogP contribution in [0, 0.1) is 5.92 Å². The molecule has 0 aliphatic heterocycles. The largest absolute Gasteiger partial charge is 0.315 e. The molecular formula is C16H37N3. The van der Waals surface area contributed by atoms with E-state index in [0.29, 0.717) is 12.0 Å². The van der Waals surface area contributed by atoms with Gasteiger partial charge in [0.25, 0.3) is 0 Å². The molecule has 0 heterocycles. The molecular weight excluding hydrogens is 234 g/mol. The van der Waals surface area contributed by atoms with Crippen LogP contribution >= 0.6 is 0 Å². The summed E-state index contributed by atoms with van der Waals surface area (Å²) < 4.78 is 0. The highest BCUT2D eigenvalue weighted by Gasteiger charge is 2.14. The molecule has 0 saturated carbocycles. The fourth-order valence-electron chi connectivity index (χ4n) is 2.40. The lowest BCUT2D eigenvalue weighted by atomic mass is 10.0. The zero-order valence-electron chi connectivity index (χ0n) is 14.2. The fourth-order valence-corrected chi connectivity index (χ4v) is 2.40. The van der Waals surface area contributed by atoms with Crippen LogP contribution in [-0.4, -0.2) is 62.7 Å². The van der Waals surface area contributed by atoms with Gasteiger partial charge >= 0.3 is 0 Å². The van der Waals surface area contributed by atoms with Crippen LogP contribution in [0.4, 0.5) is 0 Å². The molecule has 1 N–H and O–H groups in total. The molecule has 0 spiro atoms. The maximum Gasteiger partial charge on any atom is 0.0214 e. The first-order valence-corrected chi connectivity index (χ1v) is 8.13. The summed E-state index contributed by atoms with van der Waals surface area (Å²) in [4.78, 5) is 5.05. The topological polar surface area (TPSA) is 18.5 Å². The second-order valence-corrected chi connectivity index (χ2v) is 6.04. The lowest BCUT2D eigenvalue weighted by Crippen LogP contribution is -2.43. The van der Waals surface area contributed by atoms with Crippen LogP contribution in [0.5, 0.6) is 0 Å². The van der Waals surface area contributed by atoms with Crippen molar-refractivity contribution in [2.45, 2.75) is 53.0 Å². The van der Waals surface area contributed by atoms with E-state index in [0.717, 1.165) is 6.54 Å². The van der Waals surface area contributed by atoms with Crippen LogP contribution in [0.3, 0.4) is 0 Å². The number of likely N-dealkylation sites (N-methyl/N-ethyl adjacent to an activating group) is 2. The molecule has 0 fully saturated rings. The Hall–Kier alpha value is -0.120. The van der Waals surface area contributed by atoms with Crippen LogP contribution < -0.4 is 5.32 Å². The van der Waals surface area contributed by atoms with E-state index in [4.69, 9.17) is 0 Å². The SMILES string of the molecule is CCCCN(C)CCCN(CC)CC(NC)C(C)C. The Morgan fingerprint density at radius 3 is 2.11 bits per heavy atom. The van der Waals surface area contributed by atoms with E-state index < -0.39 is 0 Å². The minimum Gasteiger partial charge on any atom is -0.315 e. The first kappa shape index (κ1) is 18.9. The van der Waals surface area contributed by atoms with Gasteiger partial charge in [-0.25, -0.2) is 0 Å². The molecule has 19 heavy (non-hydrogen) atoms. The standard InChI is InChI=1S/C16H37N3/c1-7-9-11-18(6)12-10-13-19(8-2)14-16(17-5)15(3)4/h15-17H,7-14H2,1-6H3. The number of hydrogen-bond donors (Lipinski definition) is 1. The Labute approximate surface area is 121 Å². The van der Waals surface area contributed by atoms with E-state index >= 15 is 0 Å². The molecule has 0 radical (unpaired) electrons.